The first-order valence-corrected chi connectivity index (χ1v) is 8.17. The van der Waals surface area contributed by atoms with Crippen molar-refractivity contribution in [1.29, 1.82) is 0 Å². The van der Waals surface area contributed by atoms with E-state index in [1.165, 1.54) is 4.31 Å². The van der Waals surface area contributed by atoms with Crippen LogP contribution in [0.5, 0.6) is 0 Å². The van der Waals surface area contributed by atoms with Gasteiger partial charge < -0.3 is 5.73 Å². The number of piperidine rings is 1. The molecule has 2 N–H and O–H groups in total. The second-order valence-electron chi connectivity index (χ2n) is 5.50. The normalized spacial score (nSPS) is 24.7. The zero-order chi connectivity index (χ0) is 13.9. The Kier molecular flexibility index (Phi) is 5.58. The summed E-state index contributed by atoms with van der Waals surface area (Å²) in [6.07, 6.45) is 2.87. The Morgan fingerprint density at radius 1 is 1.33 bits per heavy atom. The van der Waals surface area contributed by atoms with Gasteiger partial charge in [-0.2, -0.15) is 17.0 Å². The zero-order valence-electron chi connectivity index (χ0n) is 12.0. The maximum atomic E-state index is 12.6. The molecule has 0 amide bonds. The highest BCUT2D eigenvalue weighted by atomic mass is 32.2. The van der Waals surface area contributed by atoms with Crippen LogP contribution in [0.2, 0.25) is 0 Å². The SMILES string of the molecule is CC(C)C(C)N(C)S(=O)(=O)N1CCCCC1CN. The Morgan fingerprint density at radius 3 is 2.44 bits per heavy atom. The van der Waals surface area contributed by atoms with Gasteiger partial charge in [0.2, 0.25) is 0 Å². The van der Waals surface area contributed by atoms with E-state index >= 15 is 0 Å². The quantitative estimate of drug-likeness (QED) is 0.816. The molecule has 1 heterocycles. The van der Waals surface area contributed by atoms with Gasteiger partial charge in [0.15, 0.2) is 0 Å². The summed E-state index contributed by atoms with van der Waals surface area (Å²) in [6, 6.07) is -0.0408. The number of hydrogen-bond acceptors (Lipinski definition) is 3. The minimum absolute atomic E-state index is 0.00430. The molecule has 0 spiro atoms. The van der Waals surface area contributed by atoms with E-state index in [0.29, 0.717) is 19.0 Å². The van der Waals surface area contributed by atoms with Crippen molar-refractivity contribution in [1.82, 2.24) is 8.61 Å². The lowest BCUT2D eigenvalue weighted by Crippen LogP contribution is -2.54. The topological polar surface area (TPSA) is 66.6 Å². The third-order valence-electron chi connectivity index (χ3n) is 4.04. The van der Waals surface area contributed by atoms with Crippen molar-refractivity contribution in [3.8, 4) is 0 Å². The van der Waals surface area contributed by atoms with Crippen molar-refractivity contribution in [3.63, 3.8) is 0 Å². The number of rotatable bonds is 5. The smallest absolute Gasteiger partial charge is 0.282 e. The van der Waals surface area contributed by atoms with E-state index in [-0.39, 0.29) is 12.1 Å². The van der Waals surface area contributed by atoms with E-state index in [1.807, 2.05) is 20.8 Å². The van der Waals surface area contributed by atoms with Crippen molar-refractivity contribution in [2.45, 2.75) is 52.1 Å². The second-order valence-corrected chi connectivity index (χ2v) is 7.45. The van der Waals surface area contributed by atoms with E-state index in [9.17, 15) is 8.42 Å². The Bertz CT molecular complexity index is 356. The van der Waals surface area contributed by atoms with Crippen LogP contribution in [0.4, 0.5) is 0 Å². The predicted molar refractivity (Wildman–Crippen MR) is 74.4 cm³/mol. The minimum Gasteiger partial charge on any atom is -0.329 e. The molecule has 1 fully saturated rings. The summed E-state index contributed by atoms with van der Waals surface area (Å²) in [5.74, 6) is 0.297. The van der Waals surface area contributed by atoms with Crippen molar-refractivity contribution in [2.75, 3.05) is 20.1 Å². The first kappa shape index (κ1) is 15.9. The van der Waals surface area contributed by atoms with Gasteiger partial charge in [-0.05, 0) is 25.7 Å². The first-order valence-electron chi connectivity index (χ1n) is 6.77. The van der Waals surface area contributed by atoms with Crippen molar-refractivity contribution in [3.05, 3.63) is 0 Å². The summed E-state index contributed by atoms with van der Waals surface area (Å²) in [5, 5.41) is 0. The Labute approximate surface area is 112 Å². The van der Waals surface area contributed by atoms with E-state index in [2.05, 4.69) is 0 Å². The molecule has 5 nitrogen and oxygen atoms in total. The van der Waals surface area contributed by atoms with Gasteiger partial charge in [0.05, 0.1) is 0 Å². The maximum Gasteiger partial charge on any atom is 0.282 e. The summed E-state index contributed by atoms with van der Waals surface area (Å²) < 4.78 is 28.3. The lowest BCUT2D eigenvalue weighted by molar-refractivity contribution is 0.222. The maximum absolute atomic E-state index is 12.6. The third-order valence-corrected chi connectivity index (χ3v) is 6.18. The molecule has 0 saturated carbocycles. The van der Waals surface area contributed by atoms with Gasteiger partial charge in [-0.25, -0.2) is 0 Å². The van der Waals surface area contributed by atoms with Gasteiger partial charge in [-0.1, -0.05) is 20.3 Å². The molecular formula is C12H27N3O2S. The molecule has 1 aliphatic rings. The predicted octanol–water partition coefficient (Wildman–Crippen LogP) is 1.02. The summed E-state index contributed by atoms with van der Waals surface area (Å²) >= 11 is 0. The molecule has 0 aromatic heterocycles. The molecule has 18 heavy (non-hydrogen) atoms. The highest BCUT2D eigenvalue weighted by Crippen LogP contribution is 2.23. The molecule has 0 aromatic carbocycles. The van der Waals surface area contributed by atoms with Gasteiger partial charge in [-0.3, -0.25) is 0 Å². The van der Waals surface area contributed by atoms with Crippen molar-refractivity contribution < 1.29 is 8.42 Å². The van der Waals surface area contributed by atoms with Crippen LogP contribution in [0.1, 0.15) is 40.0 Å². The molecule has 1 rings (SSSR count). The molecular weight excluding hydrogens is 250 g/mol. The summed E-state index contributed by atoms with van der Waals surface area (Å²) in [7, 11) is -1.71. The number of hydrogen-bond donors (Lipinski definition) is 1. The Balaban J connectivity index is 2.90. The van der Waals surface area contributed by atoms with Gasteiger partial charge in [-0.15, -0.1) is 0 Å². The fourth-order valence-electron chi connectivity index (χ4n) is 2.31. The van der Waals surface area contributed by atoms with Gasteiger partial charge >= 0.3 is 0 Å². The van der Waals surface area contributed by atoms with Gasteiger partial charge in [0, 0.05) is 32.2 Å². The fourth-order valence-corrected chi connectivity index (χ4v) is 4.23. The largest absolute Gasteiger partial charge is 0.329 e. The lowest BCUT2D eigenvalue weighted by Gasteiger charge is -2.38. The summed E-state index contributed by atoms with van der Waals surface area (Å²) in [4.78, 5) is 0. The third kappa shape index (κ3) is 3.23. The molecule has 1 aliphatic heterocycles. The van der Waals surface area contributed by atoms with Crippen LogP contribution < -0.4 is 5.73 Å². The van der Waals surface area contributed by atoms with Crippen LogP contribution in [0.15, 0.2) is 0 Å². The van der Waals surface area contributed by atoms with Crippen LogP contribution in [0.3, 0.4) is 0 Å². The van der Waals surface area contributed by atoms with E-state index in [1.54, 1.807) is 11.4 Å². The number of nitrogens with zero attached hydrogens (tertiary/aromatic N) is 2. The number of nitrogens with two attached hydrogens (primary N) is 1. The Morgan fingerprint density at radius 2 is 1.94 bits per heavy atom. The summed E-state index contributed by atoms with van der Waals surface area (Å²) in [6.45, 7) is 7.02. The molecule has 1 saturated heterocycles. The molecule has 0 radical (unpaired) electrons. The van der Waals surface area contributed by atoms with Crippen molar-refractivity contribution >= 4 is 10.2 Å². The van der Waals surface area contributed by atoms with Crippen LogP contribution in [-0.2, 0) is 10.2 Å². The monoisotopic (exact) mass is 277 g/mol. The molecule has 108 valence electrons. The highest BCUT2D eigenvalue weighted by Gasteiger charge is 2.36. The Hall–Kier alpha value is -0.170. The van der Waals surface area contributed by atoms with E-state index in [0.717, 1.165) is 19.3 Å². The van der Waals surface area contributed by atoms with Crippen LogP contribution in [-0.4, -0.2) is 49.2 Å². The van der Waals surface area contributed by atoms with Crippen LogP contribution in [0, 0.1) is 5.92 Å². The average Bonchev–Trinajstić information content (AvgIpc) is 2.36. The summed E-state index contributed by atoms with van der Waals surface area (Å²) in [5.41, 5.74) is 5.70. The molecule has 0 aliphatic carbocycles. The molecule has 6 heteroatoms. The standard InChI is InChI=1S/C12H27N3O2S/c1-10(2)11(3)14(4)18(16,17)15-8-6-5-7-12(15)9-13/h10-12H,5-9,13H2,1-4H3. The molecule has 2 atom stereocenters. The van der Waals surface area contributed by atoms with Gasteiger partial charge in [0.25, 0.3) is 10.2 Å². The first-order chi connectivity index (χ1) is 8.32. The van der Waals surface area contributed by atoms with Crippen molar-refractivity contribution in [2.24, 2.45) is 11.7 Å². The van der Waals surface area contributed by atoms with Gasteiger partial charge in [0.1, 0.15) is 0 Å². The fraction of sp³-hybridized carbons (Fsp3) is 1.00. The van der Waals surface area contributed by atoms with Crippen LogP contribution in [0.25, 0.3) is 0 Å². The molecule has 0 aromatic rings. The highest BCUT2D eigenvalue weighted by molar-refractivity contribution is 7.86. The zero-order valence-corrected chi connectivity index (χ0v) is 12.8. The lowest BCUT2D eigenvalue weighted by atomic mass is 10.1. The average molecular weight is 277 g/mol. The second kappa shape index (κ2) is 6.32. The van der Waals surface area contributed by atoms with E-state index in [4.69, 9.17) is 5.73 Å². The van der Waals surface area contributed by atoms with E-state index < -0.39 is 10.2 Å². The minimum atomic E-state index is -3.38. The molecule has 2 unspecified atom stereocenters. The van der Waals surface area contributed by atoms with Crippen LogP contribution >= 0.6 is 0 Å². The molecule has 0 bridgehead atoms.